The first-order valence-corrected chi connectivity index (χ1v) is 8.19. The van der Waals surface area contributed by atoms with Crippen molar-refractivity contribution in [1.29, 1.82) is 0 Å². The van der Waals surface area contributed by atoms with Gasteiger partial charge < -0.3 is 9.84 Å². The van der Waals surface area contributed by atoms with Gasteiger partial charge >= 0.3 is 12.1 Å². The Morgan fingerprint density at radius 1 is 0.926 bits per heavy atom. The van der Waals surface area contributed by atoms with Crippen LogP contribution in [0.2, 0.25) is 0 Å². The van der Waals surface area contributed by atoms with E-state index in [1.807, 2.05) is 0 Å². The van der Waals surface area contributed by atoms with Gasteiger partial charge in [-0.05, 0) is 32.9 Å². The molecule has 0 saturated heterocycles. The Labute approximate surface area is 155 Å². The molecule has 7 heteroatoms. The van der Waals surface area contributed by atoms with Gasteiger partial charge in [0.25, 0.3) is 0 Å². The average molecular weight is 367 g/mol. The number of benzene rings is 2. The van der Waals surface area contributed by atoms with Crippen molar-refractivity contribution in [2.24, 2.45) is 0 Å². The first kappa shape index (κ1) is 18.3. The van der Waals surface area contributed by atoms with Crippen LogP contribution in [-0.4, -0.2) is 34.3 Å². The standard InChI is InChI=1S/C20H17NO6/c1-20(2,3)27-19(26)21-15-13(18(24)25)9-8-12-14(15)17(23)11-7-5-4-6-10(11)16(12)22/h4-9H,1-3H3,(H,21,26)(H,24,25). The number of rotatable bonds is 2. The number of carbonyl (C=O) groups is 4. The van der Waals surface area contributed by atoms with Crippen molar-refractivity contribution in [3.05, 3.63) is 64.2 Å². The molecule has 3 rings (SSSR count). The van der Waals surface area contributed by atoms with Crippen molar-refractivity contribution in [2.45, 2.75) is 26.4 Å². The summed E-state index contributed by atoms with van der Waals surface area (Å²) in [5, 5.41) is 11.8. The summed E-state index contributed by atoms with van der Waals surface area (Å²) >= 11 is 0. The molecular weight excluding hydrogens is 350 g/mol. The maximum absolute atomic E-state index is 13.0. The van der Waals surface area contributed by atoms with Gasteiger partial charge in [-0.15, -0.1) is 0 Å². The van der Waals surface area contributed by atoms with E-state index in [1.54, 1.807) is 32.9 Å². The lowest BCUT2D eigenvalue weighted by molar-refractivity contribution is 0.0635. The highest BCUT2D eigenvalue weighted by Crippen LogP contribution is 2.34. The van der Waals surface area contributed by atoms with Crippen LogP contribution in [0.5, 0.6) is 0 Å². The molecule has 1 aliphatic rings. The number of anilines is 1. The molecule has 0 fully saturated rings. The van der Waals surface area contributed by atoms with Gasteiger partial charge in [-0.25, -0.2) is 9.59 Å². The zero-order valence-electron chi connectivity index (χ0n) is 15.0. The number of ether oxygens (including phenoxy) is 1. The monoisotopic (exact) mass is 367 g/mol. The molecule has 0 bridgehead atoms. The summed E-state index contributed by atoms with van der Waals surface area (Å²) in [5.41, 5.74) is -1.10. The van der Waals surface area contributed by atoms with Gasteiger partial charge in [0.05, 0.1) is 16.8 Å². The summed E-state index contributed by atoms with van der Waals surface area (Å²) in [6.45, 7) is 4.95. The summed E-state index contributed by atoms with van der Waals surface area (Å²) in [6.07, 6.45) is -0.919. The van der Waals surface area contributed by atoms with Crippen molar-refractivity contribution in [3.8, 4) is 0 Å². The lowest BCUT2D eigenvalue weighted by Crippen LogP contribution is -2.30. The molecule has 138 valence electrons. The molecule has 0 saturated carbocycles. The second kappa shape index (κ2) is 6.35. The van der Waals surface area contributed by atoms with Crippen LogP contribution in [0, 0.1) is 0 Å². The van der Waals surface area contributed by atoms with Gasteiger partial charge in [0.2, 0.25) is 0 Å². The summed E-state index contributed by atoms with van der Waals surface area (Å²) in [4.78, 5) is 49.6. The Bertz CT molecular complexity index is 1000. The predicted molar refractivity (Wildman–Crippen MR) is 96.6 cm³/mol. The van der Waals surface area contributed by atoms with Gasteiger partial charge in [0.15, 0.2) is 11.6 Å². The van der Waals surface area contributed by atoms with E-state index in [9.17, 15) is 24.3 Å². The smallest absolute Gasteiger partial charge is 0.412 e. The topological polar surface area (TPSA) is 110 Å². The highest BCUT2D eigenvalue weighted by atomic mass is 16.6. The number of fused-ring (bicyclic) bond motifs is 2. The van der Waals surface area contributed by atoms with E-state index in [0.29, 0.717) is 0 Å². The molecule has 0 spiro atoms. The molecule has 2 aromatic rings. The van der Waals surface area contributed by atoms with Crippen molar-refractivity contribution in [2.75, 3.05) is 5.32 Å². The van der Waals surface area contributed by atoms with Crippen LogP contribution < -0.4 is 5.32 Å². The van der Waals surface area contributed by atoms with E-state index in [0.717, 1.165) is 0 Å². The largest absolute Gasteiger partial charge is 0.478 e. The molecule has 1 aliphatic carbocycles. The SMILES string of the molecule is CC(C)(C)OC(=O)Nc1c(C(=O)O)ccc2c1C(=O)c1ccccc1C2=O. The summed E-state index contributed by atoms with van der Waals surface area (Å²) in [6, 6.07) is 8.74. The third-order valence-electron chi connectivity index (χ3n) is 3.95. The number of hydrogen-bond donors (Lipinski definition) is 2. The van der Waals surface area contributed by atoms with Gasteiger partial charge in [0, 0.05) is 16.7 Å². The number of carbonyl (C=O) groups excluding carboxylic acids is 3. The van der Waals surface area contributed by atoms with Crippen LogP contribution in [-0.2, 0) is 4.74 Å². The number of amides is 1. The maximum Gasteiger partial charge on any atom is 0.412 e. The molecule has 1 amide bonds. The highest BCUT2D eigenvalue weighted by molar-refractivity contribution is 6.31. The minimum absolute atomic E-state index is 0.0368. The third-order valence-corrected chi connectivity index (χ3v) is 3.95. The first-order valence-electron chi connectivity index (χ1n) is 8.19. The van der Waals surface area contributed by atoms with E-state index in [-0.39, 0.29) is 33.5 Å². The minimum atomic E-state index is -1.34. The second-order valence-electron chi connectivity index (χ2n) is 7.05. The fraction of sp³-hybridized carbons (Fsp3) is 0.200. The molecule has 0 atom stereocenters. The molecular formula is C20H17NO6. The summed E-state index contributed by atoms with van der Waals surface area (Å²) in [5.74, 6) is -2.29. The zero-order valence-corrected chi connectivity index (χ0v) is 15.0. The molecule has 7 nitrogen and oxygen atoms in total. The van der Waals surface area contributed by atoms with Gasteiger partial charge in [0.1, 0.15) is 5.60 Å². The molecule has 0 aromatic heterocycles. The van der Waals surface area contributed by atoms with Gasteiger partial charge in [-0.3, -0.25) is 14.9 Å². The van der Waals surface area contributed by atoms with Gasteiger partial charge in [-0.1, -0.05) is 24.3 Å². The molecule has 2 aromatic carbocycles. The molecule has 27 heavy (non-hydrogen) atoms. The fourth-order valence-corrected chi connectivity index (χ4v) is 2.90. The first-order chi connectivity index (χ1) is 12.6. The van der Waals surface area contributed by atoms with Crippen LogP contribution in [0.3, 0.4) is 0 Å². The predicted octanol–water partition coefficient (Wildman–Crippen LogP) is 3.51. The molecule has 0 unspecified atom stereocenters. The normalized spacial score (nSPS) is 12.9. The number of carboxylic acid groups (broad SMARTS) is 1. The van der Waals surface area contributed by atoms with Crippen LogP contribution >= 0.6 is 0 Å². The third kappa shape index (κ3) is 3.31. The Kier molecular flexibility index (Phi) is 4.31. The number of ketones is 2. The van der Waals surface area contributed by atoms with Crippen molar-refractivity contribution >= 4 is 29.3 Å². The Balaban J connectivity index is 2.18. The lowest BCUT2D eigenvalue weighted by Gasteiger charge is -2.23. The van der Waals surface area contributed by atoms with Crippen LogP contribution in [0.4, 0.5) is 10.5 Å². The second-order valence-corrected chi connectivity index (χ2v) is 7.05. The molecule has 0 heterocycles. The van der Waals surface area contributed by atoms with Gasteiger partial charge in [-0.2, -0.15) is 0 Å². The van der Waals surface area contributed by atoms with Crippen LogP contribution in [0.15, 0.2) is 36.4 Å². The molecule has 0 radical (unpaired) electrons. The van der Waals surface area contributed by atoms with E-state index >= 15 is 0 Å². The molecule has 2 N–H and O–H groups in total. The minimum Gasteiger partial charge on any atom is -0.478 e. The number of aromatic carboxylic acids is 1. The summed E-state index contributed by atoms with van der Waals surface area (Å²) in [7, 11) is 0. The number of carboxylic acids is 1. The average Bonchev–Trinajstić information content (AvgIpc) is 2.57. The van der Waals surface area contributed by atoms with E-state index < -0.39 is 29.2 Å². The van der Waals surface area contributed by atoms with Crippen LogP contribution in [0.25, 0.3) is 0 Å². The highest BCUT2D eigenvalue weighted by Gasteiger charge is 2.34. The lowest BCUT2D eigenvalue weighted by atomic mass is 9.82. The van der Waals surface area contributed by atoms with Crippen LogP contribution in [0.1, 0.15) is 63.0 Å². The fourth-order valence-electron chi connectivity index (χ4n) is 2.90. The Hall–Kier alpha value is -3.48. The van der Waals surface area contributed by atoms with Crippen molar-refractivity contribution < 1.29 is 29.0 Å². The Morgan fingerprint density at radius 2 is 1.52 bits per heavy atom. The Morgan fingerprint density at radius 3 is 2.07 bits per heavy atom. The van der Waals surface area contributed by atoms with Crippen molar-refractivity contribution in [3.63, 3.8) is 0 Å². The maximum atomic E-state index is 13.0. The zero-order chi connectivity index (χ0) is 19.9. The van der Waals surface area contributed by atoms with Crippen molar-refractivity contribution in [1.82, 2.24) is 0 Å². The summed E-state index contributed by atoms with van der Waals surface area (Å²) < 4.78 is 5.16. The quantitative estimate of drug-likeness (QED) is 0.717. The number of nitrogens with one attached hydrogen (secondary N) is 1. The van der Waals surface area contributed by atoms with E-state index in [2.05, 4.69) is 5.32 Å². The number of hydrogen-bond acceptors (Lipinski definition) is 5. The molecule has 0 aliphatic heterocycles. The van der Waals surface area contributed by atoms with E-state index in [1.165, 1.54) is 24.3 Å². The van der Waals surface area contributed by atoms with E-state index in [4.69, 9.17) is 4.74 Å².